The van der Waals surface area contributed by atoms with E-state index in [-0.39, 0.29) is 6.04 Å². The molecule has 1 N–H and O–H groups in total. The van der Waals surface area contributed by atoms with E-state index in [1.165, 1.54) is 5.56 Å². The molecule has 106 valence electrons. The molecule has 0 aromatic heterocycles. The number of halogens is 2. The second-order valence-corrected chi connectivity index (χ2v) is 5.94. The SMILES string of the molecule is COc1cccc([C@@H](C)NCc2ccc(Br)cc2Cl)c1. The fraction of sp³-hybridized carbons (Fsp3) is 0.250. The smallest absolute Gasteiger partial charge is 0.119 e. The summed E-state index contributed by atoms with van der Waals surface area (Å²) in [7, 11) is 1.68. The van der Waals surface area contributed by atoms with E-state index in [4.69, 9.17) is 16.3 Å². The Kier molecular flexibility index (Phi) is 5.46. The van der Waals surface area contributed by atoms with Gasteiger partial charge in [0.15, 0.2) is 0 Å². The number of hydrogen-bond donors (Lipinski definition) is 1. The van der Waals surface area contributed by atoms with E-state index < -0.39 is 0 Å². The van der Waals surface area contributed by atoms with E-state index >= 15 is 0 Å². The molecule has 0 amide bonds. The van der Waals surface area contributed by atoms with Crippen molar-refractivity contribution in [2.45, 2.75) is 19.5 Å². The van der Waals surface area contributed by atoms with E-state index in [1.54, 1.807) is 7.11 Å². The van der Waals surface area contributed by atoms with Crippen LogP contribution in [-0.4, -0.2) is 7.11 Å². The zero-order chi connectivity index (χ0) is 14.5. The number of benzene rings is 2. The number of rotatable bonds is 5. The summed E-state index contributed by atoms with van der Waals surface area (Å²) in [6, 6.07) is 14.2. The minimum Gasteiger partial charge on any atom is -0.497 e. The van der Waals surface area contributed by atoms with Gasteiger partial charge >= 0.3 is 0 Å². The van der Waals surface area contributed by atoms with Crippen molar-refractivity contribution in [2.75, 3.05) is 7.11 Å². The van der Waals surface area contributed by atoms with E-state index in [9.17, 15) is 0 Å². The van der Waals surface area contributed by atoms with Crippen LogP contribution in [0.5, 0.6) is 5.75 Å². The zero-order valence-corrected chi connectivity index (χ0v) is 13.8. The van der Waals surface area contributed by atoms with Crippen LogP contribution >= 0.6 is 27.5 Å². The first kappa shape index (κ1) is 15.4. The van der Waals surface area contributed by atoms with Crippen LogP contribution in [0.25, 0.3) is 0 Å². The lowest BCUT2D eigenvalue weighted by atomic mass is 10.1. The number of methoxy groups -OCH3 is 1. The van der Waals surface area contributed by atoms with Crippen molar-refractivity contribution < 1.29 is 4.74 Å². The van der Waals surface area contributed by atoms with Gasteiger partial charge in [-0.3, -0.25) is 0 Å². The second-order valence-electron chi connectivity index (χ2n) is 4.61. The van der Waals surface area contributed by atoms with Gasteiger partial charge in [0.25, 0.3) is 0 Å². The van der Waals surface area contributed by atoms with Gasteiger partial charge in [-0.25, -0.2) is 0 Å². The third-order valence-corrected chi connectivity index (χ3v) is 4.05. The average Bonchev–Trinajstić information content (AvgIpc) is 2.46. The van der Waals surface area contributed by atoms with Gasteiger partial charge in [-0.05, 0) is 42.3 Å². The van der Waals surface area contributed by atoms with Crippen LogP contribution in [0.4, 0.5) is 0 Å². The molecule has 0 unspecified atom stereocenters. The maximum absolute atomic E-state index is 6.22. The van der Waals surface area contributed by atoms with Crippen molar-refractivity contribution in [1.29, 1.82) is 0 Å². The Labute approximate surface area is 133 Å². The minimum absolute atomic E-state index is 0.227. The molecule has 20 heavy (non-hydrogen) atoms. The fourth-order valence-electron chi connectivity index (χ4n) is 1.96. The summed E-state index contributed by atoms with van der Waals surface area (Å²) in [4.78, 5) is 0. The molecule has 0 aliphatic rings. The first-order valence-electron chi connectivity index (χ1n) is 6.41. The highest BCUT2D eigenvalue weighted by atomic mass is 79.9. The zero-order valence-electron chi connectivity index (χ0n) is 11.5. The molecule has 0 radical (unpaired) electrons. The molecule has 0 aliphatic heterocycles. The van der Waals surface area contributed by atoms with Crippen LogP contribution in [0.3, 0.4) is 0 Å². The van der Waals surface area contributed by atoms with Crippen LogP contribution < -0.4 is 10.1 Å². The van der Waals surface area contributed by atoms with Crippen molar-refractivity contribution in [1.82, 2.24) is 5.32 Å². The summed E-state index contributed by atoms with van der Waals surface area (Å²) in [5.74, 6) is 0.873. The summed E-state index contributed by atoms with van der Waals surface area (Å²) in [6.07, 6.45) is 0. The second kappa shape index (κ2) is 7.11. The molecule has 4 heteroatoms. The molecule has 0 spiro atoms. The first-order chi connectivity index (χ1) is 9.60. The Hall–Kier alpha value is -1.03. The summed E-state index contributed by atoms with van der Waals surface area (Å²) >= 11 is 9.63. The third kappa shape index (κ3) is 3.98. The number of ether oxygens (including phenoxy) is 1. The van der Waals surface area contributed by atoms with E-state index in [1.807, 2.05) is 36.4 Å². The van der Waals surface area contributed by atoms with Gasteiger partial charge in [-0.2, -0.15) is 0 Å². The summed E-state index contributed by atoms with van der Waals surface area (Å²) in [5.41, 5.74) is 2.28. The van der Waals surface area contributed by atoms with Gasteiger partial charge in [0.05, 0.1) is 7.11 Å². The lowest BCUT2D eigenvalue weighted by Gasteiger charge is -2.16. The minimum atomic E-state index is 0.227. The molecule has 2 nitrogen and oxygen atoms in total. The monoisotopic (exact) mass is 353 g/mol. The lowest BCUT2D eigenvalue weighted by Crippen LogP contribution is -2.18. The Balaban J connectivity index is 2.02. The number of nitrogens with one attached hydrogen (secondary N) is 1. The normalized spacial score (nSPS) is 12.2. The van der Waals surface area contributed by atoms with Crippen LogP contribution in [-0.2, 0) is 6.54 Å². The summed E-state index contributed by atoms with van der Waals surface area (Å²) < 4.78 is 6.24. The predicted octanol–water partition coefficient (Wildman–Crippen LogP) is 4.96. The first-order valence-corrected chi connectivity index (χ1v) is 7.58. The molecule has 0 saturated carbocycles. The number of hydrogen-bond acceptors (Lipinski definition) is 2. The molecule has 0 saturated heterocycles. The third-order valence-electron chi connectivity index (χ3n) is 3.21. The van der Waals surface area contributed by atoms with Gasteiger partial charge < -0.3 is 10.1 Å². The maximum atomic E-state index is 6.22. The summed E-state index contributed by atoms with van der Waals surface area (Å²) in [6.45, 7) is 2.85. The Morgan fingerprint density at radius 2 is 2.05 bits per heavy atom. The van der Waals surface area contributed by atoms with Crippen LogP contribution in [0.15, 0.2) is 46.9 Å². The van der Waals surface area contributed by atoms with Gasteiger partial charge in [-0.1, -0.05) is 45.7 Å². The molecule has 0 heterocycles. The largest absolute Gasteiger partial charge is 0.497 e. The van der Waals surface area contributed by atoms with E-state index in [0.29, 0.717) is 0 Å². The van der Waals surface area contributed by atoms with Crippen molar-refractivity contribution in [3.05, 3.63) is 63.1 Å². The highest BCUT2D eigenvalue weighted by Gasteiger charge is 2.07. The van der Waals surface area contributed by atoms with E-state index in [0.717, 1.165) is 27.4 Å². The van der Waals surface area contributed by atoms with E-state index in [2.05, 4.69) is 34.2 Å². The molecule has 2 aromatic carbocycles. The Morgan fingerprint density at radius 3 is 2.75 bits per heavy atom. The molecule has 0 aliphatic carbocycles. The highest BCUT2D eigenvalue weighted by Crippen LogP contribution is 2.23. The Morgan fingerprint density at radius 1 is 1.25 bits per heavy atom. The molecule has 2 aromatic rings. The molecule has 1 atom stereocenters. The lowest BCUT2D eigenvalue weighted by molar-refractivity contribution is 0.413. The van der Waals surface area contributed by atoms with Gasteiger partial charge in [0, 0.05) is 22.1 Å². The molecule has 0 bridgehead atoms. The molecule has 0 fully saturated rings. The van der Waals surface area contributed by atoms with Crippen LogP contribution in [0, 0.1) is 0 Å². The summed E-state index contributed by atoms with van der Waals surface area (Å²) in [5, 5.41) is 4.24. The van der Waals surface area contributed by atoms with Crippen molar-refractivity contribution in [2.24, 2.45) is 0 Å². The topological polar surface area (TPSA) is 21.3 Å². The Bertz CT molecular complexity index is 588. The van der Waals surface area contributed by atoms with Crippen LogP contribution in [0.1, 0.15) is 24.1 Å². The molecular weight excluding hydrogens is 338 g/mol. The highest BCUT2D eigenvalue weighted by molar-refractivity contribution is 9.10. The van der Waals surface area contributed by atoms with Gasteiger partial charge in [0.2, 0.25) is 0 Å². The van der Waals surface area contributed by atoms with Crippen molar-refractivity contribution in [3.63, 3.8) is 0 Å². The van der Waals surface area contributed by atoms with Gasteiger partial charge in [-0.15, -0.1) is 0 Å². The maximum Gasteiger partial charge on any atom is 0.119 e. The standard InChI is InChI=1S/C16H17BrClNO/c1-11(12-4-3-5-15(8-12)20-2)19-10-13-6-7-14(17)9-16(13)18/h3-9,11,19H,10H2,1-2H3/t11-/m1/s1. The quantitative estimate of drug-likeness (QED) is 0.819. The van der Waals surface area contributed by atoms with Crippen molar-refractivity contribution in [3.8, 4) is 5.75 Å². The van der Waals surface area contributed by atoms with Crippen LogP contribution in [0.2, 0.25) is 5.02 Å². The predicted molar refractivity (Wildman–Crippen MR) is 87.4 cm³/mol. The van der Waals surface area contributed by atoms with Gasteiger partial charge in [0.1, 0.15) is 5.75 Å². The molecular formula is C16H17BrClNO. The van der Waals surface area contributed by atoms with Crippen molar-refractivity contribution >= 4 is 27.5 Å². The molecule has 2 rings (SSSR count). The average molecular weight is 355 g/mol. The fourth-order valence-corrected chi connectivity index (χ4v) is 2.70.